The highest BCUT2D eigenvalue weighted by Crippen LogP contribution is 2.44. The Bertz CT molecular complexity index is 1720. The Morgan fingerprint density at radius 2 is 1.21 bits per heavy atom. The number of nitrogens with two attached hydrogens (primary N) is 1. The Kier molecular flexibility index (Phi) is 7.43. The first kappa shape index (κ1) is 28.1. The summed E-state index contributed by atoms with van der Waals surface area (Å²) in [7, 11) is 0. The minimum atomic E-state index is -1.44. The van der Waals surface area contributed by atoms with Gasteiger partial charge in [-0.2, -0.15) is 0 Å². The number of aromatic nitrogens is 2. The van der Waals surface area contributed by atoms with Crippen LogP contribution in [0.2, 0.25) is 0 Å². The number of aliphatic hydroxyl groups is 1. The van der Waals surface area contributed by atoms with Crippen molar-refractivity contribution in [1.29, 1.82) is 0 Å². The van der Waals surface area contributed by atoms with Gasteiger partial charge in [0.25, 0.3) is 0 Å². The standard InChI is InChI=1S/C38H34FN3O/c1-27(2)38(43,32-20-23-35(40)34(24-32)28-18-21-33(39)22-19-28)36-25-42(26-41-36)37(29-12-6-3-7-13-29,30-14-8-4-9-15-30)31-16-10-5-11-17-31/h3-27,43H,40H2,1-2H3. The van der Waals surface area contributed by atoms with E-state index in [-0.39, 0.29) is 11.7 Å². The van der Waals surface area contributed by atoms with Crippen molar-refractivity contribution in [3.8, 4) is 11.1 Å². The third-order valence-corrected chi connectivity index (χ3v) is 8.42. The maximum Gasteiger partial charge on any atom is 0.135 e. The summed E-state index contributed by atoms with van der Waals surface area (Å²) in [6, 6.07) is 42.8. The normalized spacial score (nSPS) is 13.1. The zero-order valence-corrected chi connectivity index (χ0v) is 24.2. The zero-order chi connectivity index (χ0) is 30.0. The molecule has 5 aromatic carbocycles. The minimum absolute atomic E-state index is 0.236. The Labute approximate surface area is 251 Å². The van der Waals surface area contributed by atoms with E-state index in [1.165, 1.54) is 12.1 Å². The Hall–Kier alpha value is -5.00. The lowest BCUT2D eigenvalue weighted by molar-refractivity contribution is 0.0278. The molecule has 1 unspecified atom stereocenters. The quantitative estimate of drug-likeness (QED) is 0.145. The topological polar surface area (TPSA) is 64.1 Å². The van der Waals surface area contributed by atoms with Crippen molar-refractivity contribution in [2.75, 3.05) is 5.73 Å². The van der Waals surface area contributed by atoms with Crippen molar-refractivity contribution in [3.05, 3.63) is 180 Å². The molecule has 6 aromatic rings. The third kappa shape index (κ3) is 4.82. The number of halogens is 1. The molecule has 43 heavy (non-hydrogen) atoms. The molecule has 0 aliphatic heterocycles. The van der Waals surface area contributed by atoms with Crippen LogP contribution in [0.25, 0.3) is 11.1 Å². The van der Waals surface area contributed by atoms with Crippen molar-refractivity contribution < 1.29 is 9.50 Å². The van der Waals surface area contributed by atoms with Gasteiger partial charge in [0.2, 0.25) is 0 Å². The lowest BCUT2D eigenvalue weighted by Gasteiger charge is -2.37. The SMILES string of the molecule is CC(C)C(O)(c1ccc(N)c(-c2ccc(F)cc2)c1)c1cn(C(c2ccccc2)(c2ccccc2)c2ccccc2)cn1. The van der Waals surface area contributed by atoms with Crippen LogP contribution in [0, 0.1) is 11.7 Å². The molecule has 0 aliphatic rings. The highest BCUT2D eigenvalue weighted by Gasteiger charge is 2.42. The summed E-state index contributed by atoms with van der Waals surface area (Å²) < 4.78 is 15.8. The molecule has 214 valence electrons. The van der Waals surface area contributed by atoms with Gasteiger partial charge in [0.15, 0.2) is 0 Å². The molecule has 1 aromatic heterocycles. The summed E-state index contributed by atoms with van der Waals surface area (Å²) in [5.41, 5.74) is 10.6. The molecular weight excluding hydrogens is 533 g/mol. The fraction of sp³-hybridized carbons (Fsp3) is 0.132. The Balaban J connectivity index is 1.57. The molecule has 6 rings (SSSR count). The Morgan fingerprint density at radius 1 is 0.698 bits per heavy atom. The van der Waals surface area contributed by atoms with Gasteiger partial charge in [-0.15, -0.1) is 0 Å². The van der Waals surface area contributed by atoms with E-state index in [1.54, 1.807) is 18.2 Å². The van der Waals surface area contributed by atoms with Crippen LogP contribution < -0.4 is 5.73 Å². The second kappa shape index (κ2) is 11.3. The first-order chi connectivity index (χ1) is 20.8. The van der Waals surface area contributed by atoms with Crippen LogP contribution in [0.3, 0.4) is 0 Å². The molecular formula is C38H34FN3O. The molecule has 0 aliphatic carbocycles. The van der Waals surface area contributed by atoms with E-state index in [1.807, 2.05) is 93.1 Å². The number of rotatable bonds is 8. The van der Waals surface area contributed by atoms with Crippen LogP contribution in [-0.2, 0) is 11.1 Å². The largest absolute Gasteiger partial charge is 0.398 e. The average molecular weight is 568 g/mol. The van der Waals surface area contributed by atoms with Gasteiger partial charge in [-0.3, -0.25) is 0 Å². The van der Waals surface area contributed by atoms with Gasteiger partial charge in [0.1, 0.15) is 17.0 Å². The molecule has 1 heterocycles. The maximum absolute atomic E-state index is 13.7. The lowest BCUT2D eigenvalue weighted by Crippen LogP contribution is -2.37. The number of imidazole rings is 1. The van der Waals surface area contributed by atoms with Gasteiger partial charge < -0.3 is 15.4 Å². The summed E-state index contributed by atoms with van der Waals surface area (Å²) in [5.74, 6) is -0.554. The smallest absolute Gasteiger partial charge is 0.135 e. The molecule has 0 saturated heterocycles. The van der Waals surface area contributed by atoms with Crippen molar-refractivity contribution in [3.63, 3.8) is 0 Å². The molecule has 1 atom stereocenters. The summed E-state index contributed by atoms with van der Waals surface area (Å²) in [6.07, 6.45) is 3.77. The van der Waals surface area contributed by atoms with Crippen molar-refractivity contribution in [2.24, 2.45) is 5.92 Å². The molecule has 4 nitrogen and oxygen atoms in total. The number of anilines is 1. The summed E-state index contributed by atoms with van der Waals surface area (Å²) in [5, 5.41) is 12.6. The fourth-order valence-electron chi connectivity index (χ4n) is 6.14. The summed E-state index contributed by atoms with van der Waals surface area (Å²) >= 11 is 0. The summed E-state index contributed by atoms with van der Waals surface area (Å²) in [6.45, 7) is 3.96. The monoisotopic (exact) mass is 567 g/mol. The van der Waals surface area contributed by atoms with E-state index in [9.17, 15) is 9.50 Å². The van der Waals surface area contributed by atoms with Gasteiger partial charge in [-0.1, -0.05) is 123 Å². The fourth-order valence-corrected chi connectivity index (χ4v) is 6.14. The lowest BCUT2D eigenvalue weighted by atomic mass is 9.76. The predicted molar refractivity (Wildman–Crippen MR) is 171 cm³/mol. The molecule has 0 radical (unpaired) electrons. The first-order valence-electron chi connectivity index (χ1n) is 14.4. The minimum Gasteiger partial charge on any atom is -0.398 e. The van der Waals surface area contributed by atoms with Crippen molar-refractivity contribution in [1.82, 2.24) is 9.55 Å². The van der Waals surface area contributed by atoms with Gasteiger partial charge in [-0.25, -0.2) is 9.37 Å². The van der Waals surface area contributed by atoms with Gasteiger partial charge >= 0.3 is 0 Å². The summed E-state index contributed by atoms with van der Waals surface area (Å²) in [4.78, 5) is 4.90. The van der Waals surface area contributed by atoms with E-state index in [4.69, 9.17) is 10.7 Å². The first-order valence-corrected chi connectivity index (χ1v) is 14.4. The van der Waals surface area contributed by atoms with Crippen LogP contribution in [-0.4, -0.2) is 14.7 Å². The highest BCUT2D eigenvalue weighted by molar-refractivity contribution is 5.77. The van der Waals surface area contributed by atoms with Crippen molar-refractivity contribution in [2.45, 2.75) is 25.0 Å². The van der Waals surface area contributed by atoms with Crippen LogP contribution in [0.15, 0.2) is 146 Å². The number of benzene rings is 5. The van der Waals surface area contributed by atoms with E-state index in [2.05, 4.69) is 41.0 Å². The average Bonchev–Trinajstić information content (AvgIpc) is 3.54. The number of nitrogen functional groups attached to an aromatic ring is 1. The van der Waals surface area contributed by atoms with Crippen LogP contribution in [0.1, 0.15) is 41.8 Å². The second-order valence-corrected chi connectivity index (χ2v) is 11.2. The molecule has 0 spiro atoms. The number of hydrogen-bond acceptors (Lipinski definition) is 3. The van der Waals surface area contributed by atoms with E-state index in [0.29, 0.717) is 16.9 Å². The maximum atomic E-state index is 13.7. The van der Waals surface area contributed by atoms with E-state index < -0.39 is 11.1 Å². The van der Waals surface area contributed by atoms with Crippen molar-refractivity contribution >= 4 is 5.69 Å². The highest BCUT2D eigenvalue weighted by atomic mass is 19.1. The van der Waals surface area contributed by atoms with Crippen LogP contribution >= 0.6 is 0 Å². The third-order valence-electron chi connectivity index (χ3n) is 8.42. The molecule has 0 amide bonds. The number of hydrogen-bond donors (Lipinski definition) is 2. The molecule has 0 saturated carbocycles. The van der Waals surface area contributed by atoms with Gasteiger partial charge in [0, 0.05) is 17.4 Å². The second-order valence-electron chi connectivity index (χ2n) is 11.2. The van der Waals surface area contributed by atoms with Gasteiger partial charge in [-0.05, 0) is 58.0 Å². The van der Waals surface area contributed by atoms with E-state index in [0.717, 1.165) is 27.8 Å². The van der Waals surface area contributed by atoms with Crippen LogP contribution in [0.5, 0.6) is 0 Å². The Morgan fingerprint density at radius 3 is 1.70 bits per heavy atom. The molecule has 0 fully saturated rings. The predicted octanol–water partition coefficient (Wildman–Crippen LogP) is 8.00. The molecule has 3 N–H and O–H groups in total. The molecule has 5 heteroatoms. The number of nitrogens with zero attached hydrogens (tertiary/aromatic N) is 2. The van der Waals surface area contributed by atoms with E-state index >= 15 is 0 Å². The van der Waals surface area contributed by atoms with Crippen LogP contribution in [0.4, 0.5) is 10.1 Å². The zero-order valence-electron chi connectivity index (χ0n) is 24.2. The van der Waals surface area contributed by atoms with Gasteiger partial charge in [0.05, 0.1) is 12.0 Å². The molecule has 0 bridgehead atoms.